The van der Waals surface area contributed by atoms with Gasteiger partial charge in [0.25, 0.3) is 0 Å². The van der Waals surface area contributed by atoms with Gasteiger partial charge >= 0.3 is 5.97 Å². The van der Waals surface area contributed by atoms with Crippen molar-refractivity contribution in [3.05, 3.63) is 35.2 Å². The average molecular weight is 334 g/mol. The van der Waals surface area contributed by atoms with Gasteiger partial charge in [-0.05, 0) is 37.3 Å². The summed E-state index contributed by atoms with van der Waals surface area (Å²) in [7, 11) is 0. The van der Waals surface area contributed by atoms with Crippen molar-refractivity contribution < 1.29 is 9.90 Å². The molecule has 2 aliphatic rings. The molecule has 2 aromatic heterocycles. The molecule has 0 aromatic carbocycles. The molecule has 2 aromatic rings. The standard InChI is InChI=1S/C17H20ClN3O2/c18-12-5-6-16-19-13(9-20(16)8-12)10-21-14-4-2-1-3-11(14)7-15(21)17(22)23/h5-6,8-9,11,14-15H,1-4,7,10H2,(H,22,23)/t11-,14+,15-/m0/s1. The molecule has 122 valence electrons. The fraction of sp³-hybridized carbons (Fsp3) is 0.529. The van der Waals surface area contributed by atoms with E-state index in [0.29, 0.717) is 23.5 Å². The normalized spacial score (nSPS) is 28.1. The van der Waals surface area contributed by atoms with Crippen molar-refractivity contribution in [2.24, 2.45) is 5.92 Å². The van der Waals surface area contributed by atoms with Gasteiger partial charge in [0.2, 0.25) is 0 Å². The van der Waals surface area contributed by atoms with E-state index in [1.165, 1.54) is 12.8 Å². The van der Waals surface area contributed by atoms with Crippen LogP contribution in [0.5, 0.6) is 0 Å². The molecule has 4 rings (SSSR count). The lowest BCUT2D eigenvalue weighted by molar-refractivity contribution is -0.142. The van der Waals surface area contributed by atoms with Crippen LogP contribution < -0.4 is 0 Å². The lowest BCUT2D eigenvalue weighted by Gasteiger charge is -2.32. The molecule has 1 aliphatic carbocycles. The highest BCUT2D eigenvalue weighted by molar-refractivity contribution is 6.30. The molecule has 0 spiro atoms. The third-order valence-corrected chi connectivity index (χ3v) is 5.54. The van der Waals surface area contributed by atoms with Crippen LogP contribution in [0.1, 0.15) is 37.8 Å². The first-order chi connectivity index (χ1) is 11.1. The molecule has 0 unspecified atom stereocenters. The van der Waals surface area contributed by atoms with Gasteiger partial charge in [-0.3, -0.25) is 9.69 Å². The van der Waals surface area contributed by atoms with Gasteiger partial charge in [-0.15, -0.1) is 0 Å². The number of hydrogen-bond acceptors (Lipinski definition) is 3. The summed E-state index contributed by atoms with van der Waals surface area (Å²) in [5.41, 5.74) is 1.75. The van der Waals surface area contributed by atoms with Gasteiger partial charge in [0.05, 0.1) is 10.7 Å². The van der Waals surface area contributed by atoms with Crippen LogP contribution in [0.4, 0.5) is 0 Å². The molecular formula is C17H20ClN3O2. The molecule has 1 aliphatic heterocycles. The Labute approximate surface area is 139 Å². The zero-order valence-electron chi connectivity index (χ0n) is 12.9. The van der Waals surface area contributed by atoms with E-state index in [1.54, 1.807) is 0 Å². The van der Waals surface area contributed by atoms with Gasteiger partial charge in [0.15, 0.2) is 0 Å². The largest absolute Gasteiger partial charge is 0.480 e. The number of aromatic nitrogens is 2. The van der Waals surface area contributed by atoms with Crippen molar-refractivity contribution in [1.82, 2.24) is 14.3 Å². The number of carbonyl (C=O) groups is 1. The quantitative estimate of drug-likeness (QED) is 0.937. The number of rotatable bonds is 3. The molecule has 1 saturated heterocycles. The van der Waals surface area contributed by atoms with E-state index in [-0.39, 0.29) is 6.04 Å². The number of pyridine rings is 1. The summed E-state index contributed by atoms with van der Waals surface area (Å²) in [5.74, 6) is -0.178. The predicted molar refractivity (Wildman–Crippen MR) is 87.5 cm³/mol. The summed E-state index contributed by atoms with van der Waals surface area (Å²) in [6.07, 6.45) is 9.25. The number of nitrogens with zero attached hydrogens (tertiary/aromatic N) is 3. The van der Waals surface area contributed by atoms with Crippen molar-refractivity contribution in [2.75, 3.05) is 0 Å². The molecule has 3 heterocycles. The van der Waals surface area contributed by atoms with Gasteiger partial charge < -0.3 is 9.51 Å². The second-order valence-corrected chi connectivity index (χ2v) is 7.16. The number of carboxylic acids is 1. The highest BCUT2D eigenvalue weighted by atomic mass is 35.5. The van der Waals surface area contributed by atoms with Crippen molar-refractivity contribution in [1.29, 1.82) is 0 Å². The fourth-order valence-corrected chi connectivity index (χ4v) is 4.47. The minimum atomic E-state index is -0.703. The van der Waals surface area contributed by atoms with E-state index in [1.807, 2.05) is 28.9 Å². The first-order valence-electron chi connectivity index (χ1n) is 8.23. The molecule has 0 amide bonds. The van der Waals surface area contributed by atoms with E-state index in [2.05, 4.69) is 9.88 Å². The van der Waals surface area contributed by atoms with Crippen LogP contribution in [0.15, 0.2) is 24.5 Å². The lowest BCUT2D eigenvalue weighted by atomic mass is 9.85. The number of imidazole rings is 1. The monoisotopic (exact) mass is 333 g/mol. The zero-order chi connectivity index (χ0) is 16.0. The molecule has 5 nitrogen and oxygen atoms in total. The Bertz CT molecular complexity index is 745. The summed E-state index contributed by atoms with van der Waals surface area (Å²) >= 11 is 6.02. The van der Waals surface area contributed by atoms with Gasteiger partial charge in [-0.1, -0.05) is 24.4 Å². The molecular weight excluding hydrogens is 314 g/mol. The van der Waals surface area contributed by atoms with Crippen LogP contribution in [0.3, 0.4) is 0 Å². The molecule has 1 saturated carbocycles. The third kappa shape index (κ3) is 2.72. The minimum Gasteiger partial charge on any atom is -0.480 e. The summed E-state index contributed by atoms with van der Waals surface area (Å²) in [6, 6.07) is 3.71. The van der Waals surface area contributed by atoms with Crippen LogP contribution in [-0.4, -0.2) is 37.4 Å². The third-order valence-electron chi connectivity index (χ3n) is 5.32. The zero-order valence-corrected chi connectivity index (χ0v) is 13.6. The van der Waals surface area contributed by atoms with Crippen LogP contribution in [0, 0.1) is 5.92 Å². The predicted octanol–water partition coefficient (Wildman–Crippen LogP) is 3.21. The van der Waals surface area contributed by atoms with Crippen LogP contribution in [0.25, 0.3) is 5.65 Å². The summed E-state index contributed by atoms with van der Waals surface area (Å²) < 4.78 is 1.90. The number of carboxylic acid groups (broad SMARTS) is 1. The Morgan fingerprint density at radius 1 is 1.30 bits per heavy atom. The van der Waals surface area contributed by atoms with Gasteiger partial charge in [-0.25, -0.2) is 4.98 Å². The Hall–Kier alpha value is -1.59. The molecule has 1 N–H and O–H groups in total. The Morgan fingerprint density at radius 2 is 2.13 bits per heavy atom. The van der Waals surface area contributed by atoms with Crippen LogP contribution in [-0.2, 0) is 11.3 Å². The topological polar surface area (TPSA) is 57.8 Å². The SMILES string of the molecule is O=C(O)[C@@H]1C[C@@H]2CCCC[C@H]2N1Cc1cn2cc(Cl)ccc2n1. The second-order valence-electron chi connectivity index (χ2n) is 6.72. The Morgan fingerprint density at radius 3 is 2.96 bits per heavy atom. The maximum atomic E-state index is 11.7. The first-order valence-corrected chi connectivity index (χ1v) is 8.61. The number of halogens is 1. The molecule has 3 atom stereocenters. The number of hydrogen-bond donors (Lipinski definition) is 1. The molecule has 6 heteroatoms. The van der Waals surface area contributed by atoms with E-state index < -0.39 is 5.97 Å². The van der Waals surface area contributed by atoms with Crippen molar-refractivity contribution >= 4 is 23.2 Å². The van der Waals surface area contributed by atoms with Gasteiger partial charge in [0, 0.05) is 25.0 Å². The number of aliphatic carboxylic acids is 1. The number of likely N-dealkylation sites (tertiary alicyclic amines) is 1. The smallest absolute Gasteiger partial charge is 0.320 e. The summed E-state index contributed by atoms with van der Waals surface area (Å²) in [5, 5.41) is 10.3. The lowest BCUT2D eigenvalue weighted by Crippen LogP contribution is -2.41. The average Bonchev–Trinajstić information content (AvgIpc) is 3.08. The molecule has 2 fully saturated rings. The van der Waals surface area contributed by atoms with E-state index in [9.17, 15) is 9.90 Å². The maximum absolute atomic E-state index is 11.7. The van der Waals surface area contributed by atoms with E-state index in [4.69, 9.17) is 11.6 Å². The fourth-order valence-electron chi connectivity index (χ4n) is 4.30. The van der Waals surface area contributed by atoms with Crippen molar-refractivity contribution in [2.45, 2.75) is 50.7 Å². The number of fused-ring (bicyclic) bond motifs is 2. The summed E-state index contributed by atoms with van der Waals surface area (Å²) in [6.45, 7) is 0.595. The first kappa shape index (κ1) is 15.0. The minimum absolute atomic E-state index is 0.378. The van der Waals surface area contributed by atoms with Gasteiger partial charge in [-0.2, -0.15) is 0 Å². The van der Waals surface area contributed by atoms with E-state index in [0.717, 1.165) is 30.6 Å². The molecule has 23 heavy (non-hydrogen) atoms. The van der Waals surface area contributed by atoms with Crippen LogP contribution >= 0.6 is 11.6 Å². The van der Waals surface area contributed by atoms with Gasteiger partial charge in [0.1, 0.15) is 11.7 Å². The molecule has 0 bridgehead atoms. The van der Waals surface area contributed by atoms with Crippen LogP contribution in [0.2, 0.25) is 5.02 Å². The van der Waals surface area contributed by atoms with Crippen molar-refractivity contribution in [3.8, 4) is 0 Å². The summed E-state index contributed by atoms with van der Waals surface area (Å²) in [4.78, 5) is 18.5. The maximum Gasteiger partial charge on any atom is 0.320 e. The van der Waals surface area contributed by atoms with Crippen molar-refractivity contribution in [3.63, 3.8) is 0 Å². The second kappa shape index (κ2) is 5.80. The Kier molecular flexibility index (Phi) is 3.77. The highest BCUT2D eigenvalue weighted by Crippen LogP contribution is 2.40. The highest BCUT2D eigenvalue weighted by Gasteiger charge is 2.45. The Balaban J connectivity index is 1.62. The molecule has 0 radical (unpaired) electrons. The van der Waals surface area contributed by atoms with E-state index >= 15 is 0 Å².